The van der Waals surface area contributed by atoms with E-state index in [9.17, 15) is 0 Å². The SMILES string of the molecule is CCCn1nncc1C(NCC)c1cc(C)cc(Br)c1. The molecule has 2 rings (SSSR count). The van der Waals surface area contributed by atoms with Crippen molar-refractivity contribution < 1.29 is 0 Å². The molecular formula is C15H21BrN4. The van der Waals surface area contributed by atoms with Crippen molar-refractivity contribution in [1.29, 1.82) is 0 Å². The van der Waals surface area contributed by atoms with Gasteiger partial charge in [0, 0.05) is 11.0 Å². The molecule has 20 heavy (non-hydrogen) atoms. The maximum absolute atomic E-state index is 4.19. The normalized spacial score (nSPS) is 12.6. The summed E-state index contributed by atoms with van der Waals surface area (Å²) < 4.78 is 3.09. The standard InChI is InChI=1S/C15H21BrN4/c1-4-6-20-14(10-18-19-20)15(17-5-2)12-7-11(3)8-13(16)9-12/h7-10,15,17H,4-6H2,1-3H3. The molecule has 1 atom stereocenters. The number of rotatable bonds is 6. The van der Waals surface area contributed by atoms with Crippen LogP contribution in [0, 0.1) is 6.92 Å². The van der Waals surface area contributed by atoms with Crippen LogP contribution in [0.5, 0.6) is 0 Å². The molecule has 108 valence electrons. The Hall–Kier alpha value is -1.20. The number of halogens is 1. The largest absolute Gasteiger partial charge is 0.305 e. The summed E-state index contributed by atoms with van der Waals surface area (Å²) in [6.45, 7) is 8.17. The summed E-state index contributed by atoms with van der Waals surface area (Å²) in [6, 6.07) is 6.61. The monoisotopic (exact) mass is 336 g/mol. The molecule has 1 N–H and O–H groups in total. The van der Waals surface area contributed by atoms with E-state index in [0.717, 1.165) is 29.7 Å². The molecule has 0 radical (unpaired) electrons. The van der Waals surface area contributed by atoms with Crippen LogP contribution in [0.2, 0.25) is 0 Å². The Labute approximate surface area is 128 Å². The van der Waals surface area contributed by atoms with Gasteiger partial charge in [-0.05, 0) is 43.1 Å². The van der Waals surface area contributed by atoms with Gasteiger partial charge in [-0.1, -0.05) is 41.1 Å². The average molecular weight is 337 g/mol. The second-order valence-electron chi connectivity index (χ2n) is 4.93. The lowest BCUT2D eigenvalue weighted by Crippen LogP contribution is -2.25. The number of hydrogen-bond acceptors (Lipinski definition) is 3. The zero-order valence-corrected chi connectivity index (χ0v) is 13.8. The molecule has 0 saturated carbocycles. The van der Waals surface area contributed by atoms with Crippen molar-refractivity contribution in [2.75, 3.05) is 6.54 Å². The minimum atomic E-state index is 0.123. The summed E-state index contributed by atoms with van der Waals surface area (Å²) in [7, 11) is 0. The maximum atomic E-state index is 4.19. The summed E-state index contributed by atoms with van der Waals surface area (Å²) in [5.74, 6) is 0. The molecule has 0 amide bonds. The number of aromatic nitrogens is 3. The van der Waals surface area contributed by atoms with Crippen LogP contribution in [-0.4, -0.2) is 21.5 Å². The fourth-order valence-corrected chi connectivity index (χ4v) is 3.03. The molecule has 1 aromatic carbocycles. The molecule has 0 fully saturated rings. The molecule has 1 heterocycles. The van der Waals surface area contributed by atoms with Crippen molar-refractivity contribution in [3.05, 3.63) is 45.7 Å². The van der Waals surface area contributed by atoms with Gasteiger partial charge in [0.05, 0.1) is 17.9 Å². The van der Waals surface area contributed by atoms with Crippen LogP contribution >= 0.6 is 15.9 Å². The molecule has 4 nitrogen and oxygen atoms in total. The van der Waals surface area contributed by atoms with E-state index < -0.39 is 0 Å². The van der Waals surface area contributed by atoms with Gasteiger partial charge in [0.2, 0.25) is 0 Å². The fourth-order valence-electron chi connectivity index (χ4n) is 2.40. The smallest absolute Gasteiger partial charge is 0.0802 e. The lowest BCUT2D eigenvalue weighted by Gasteiger charge is -2.20. The zero-order valence-electron chi connectivity index (χ0n) is 12.2. The zero-order chi connectivity index (χ0) is 14.5. The van der Waals surface area contributed by atoms with Gasteiger partial charge in [0.1, 0.15) is 0 Å². The molecule has 1 aromatic heterocycles. The van der Waals surface area contributed by atoms with Crippen molar-refractivity contribution in [2.24, 2.45) is 0 Å². The molecule has 2 aromatic rings. The summed E-state index contributed by atoms with van der Waals surface area (Å²) in [5, 5.41) is 11.8. The minimum Gasteiger partial charge on any atom is -0.305 e. The van der Waals surface area contributed by atoms with Gasteiger partial charge in [-0.25, -0.2) is 4.68 Å². The van der Waals surface area contributed by atoms with Gasteiger partial charge in [-0.3, -0.25) is 0 Å². The van der Waals surface area contributed by atoms with E-state index in [1.54, 1.807) is 0 Å². The highest BCUT2D eigenvalue weighted by Crippen LogP contribution is 2.25. The van der Waals surface area contributed by atoms with Gasteiger partial charge in [-0.15, -0.1) is 5.10 Å². The summed E-state index contributed by atoms with van der Waals surface area (Å²) in [4.78, 5) is 0. The van der Waals surface area contributed by atoms with E-state index >= 15 is 0 Å². The molecule has 5 heteroatoms. The van der Waals surface area contributed by atoms with Crippen molar-refractivity contribution in [3.63, 3.8) is 0 Å². The quantitative estimate of drug-likeness (QED) is 0.878. The van der Waals surface area contributed by atoms with E-state index in [4.69, 9.17) is 0 Å². The highest BCUT2D eigenvalue weighted by molar-refractivity contribution is 9.10. The minimum absolute atomic E-state index is 0.123. The Morgan fingerprint density at radius 1 is 1.30 bits per heavy atom. The van der Waals surface area contributed by atoms with Crippen LogP contribution in [0.1, 0.15) is 43.1 Å². The molecular weight excluding hydrogens is 316 g/mol. The van der Waals surface area contributed by atoms with Gasteiger partial charge in [0.15, 0.2) is 0 Å². The predicted molar refractivity (Wildman–Crippen MR) is 84.7 cm³/mol. The summed E-state index contributed by atoms with van der Waals surface area (Å²) in [6.07, 6.45) is 2.91. The van der Waals surface area contributed by atoms with Gasteiger partial charge in [-0.2, -0.15) is 0 Å². The molecule has 0 spiro atoms. The van der Waals surface area contributed by atoms with Crippen LogP contribution in [0.25, 0.3) is 0 Å². The third-order valence-corrected chi connectivity index (χ3v) is 3.64. The van der Waals surface area contributed by atoms with Crippen LogP contribution in [0.15, 0.2) is 28.9 Å². The topological polar surface area (TPSA) is 42.7 Å². The lowest BCUT2D eigenvalue weighted by atomic mass is 10.0. The predicted octanol–water partition coefficient (Wildman–Crippen LogP) is 3.46. The maximum Gasteiger partial charge on any atom is 0.0802 e. The number of aryl methyl sites for hydroxylation is 2. The number of nitrogens with zero attached hydrogens (tertiary/aromatic N) is 3. The van der Waals surface area contributed by atoms with Gasteiger partial charge in [0.25, 0.3) is 0 Å². The van der Waals surface area contributed by atoms with E-state index in [2.05, 4.69) is 70.5 Å². The Balaban J connectivity index is 2.41. The van der Waals surface area contributed by atoms with Crippen LogP contribution in [0.4, 0.5) is 0 Å². The van der Waals surface area contributed by atoms with E-state index in [0.29, 0.717) is 0 Å². The van der Waals surface area contributed by atoms with Gasteiger partial charge >= 0.3 is 0 Å². The van der Waals surface area contributed by atoms with Crippen LogP contribution in [0.3, 0.4) is 0 Å². The molecule has 1 unspecified atom stereocenters. The second-order valence-corrected chi connectivity index (χ2v) is 5.85. The molecule has 0 aliphatic heterocycles. The van der Waals surface area contributed by atoms with Crippen molar-refractivity contribution >= 4 is 15.9 Å². The number of benzene rings is 1. The average Bonchev–Trinajstić information content (AvgIpc) is 2.83. The number of nitrogens with one attached hydrogen (secondary N) is 1. The fraction of sp³-hybridized carbons (Fsp3) is 0.467. The Bertz CT molecular complexity index is 545. The highest BCUT2D eigenvalue weighted by atomic mass is 79.9. The molecule has 0 aliphatic carbocycles. The van der Waals surface area contributed by atoms with Crippen LogP contribution in [-0.2, 0) is 6.54 Å². The third-order valence-electron chi connectivity index (χ3n) is 3.18. The molecule has 0 aliphatic rings. The van der Waals surface area contributed by atoms with Crippen molar-refractivity contribution in [3.8, 4) is 0 Å². The highest BCUT2D eigenvalue weighted by Gasteiger charge is 2.18. The summed E-state index contributed by atoms with van der Waals surface area (Å²) in [5.41, 5.74) is 3.59. The van der Waals surface area contributed by atoms with E-state index in [1.807, 2.05) is 10.9 Å². The van der Waals surface area contributed by atoms with Crippen molar-refractivity contribution in [2.45, 2.75) is 39.8 Å². The number of hydrogen-bond donors (Lipinski definition) is 1. The van der Waals surface area contributed by atoms with Crippen LogP contribution < -0.4 is 5.32 Å². The van der Waals surface area contributed by atoms with Crippen molar-refractivity contribution in [1.82, 2.24) is 20.3 Å². The lowest BCUT2D eigenvalue weighted by molar-refractivity contribution is 0.511. The third kappa shape index (κ3) is 3.46. The Kier molecular flexibility index (Phi) is 5.31. The van der Waals surface area contributed by atoms with Gasteiger partial charge < -0.3 is 5.32 Å². The Morgan fingerprint density at radius 3 is 2.75 bits per heavy atom. The second kappa shape index (κ2) is 6.99. The first-order chi connectivity index (χ1) is 9.65. The van der Waals surface area contributed by atoms with E-state index in [1.165, 1.54) is 11.1 Å². The molecule has 0 bridgehead atoms. The molecule has 0 saturated heterocycles. The first-order valence-electron chi connectivity index (χ1n) is 7.04. The summed E-state index contributed by atoms with van der Waals surface area (Å²) >= 11 is 3.58. The Morgan fingerprint density at radius 2 is 2.10 bits per heavy atom. The first-order valence-corrected chi connectivity index (χ1v) is 7.83. The van der Waals surface area contributed by atoms with E-state index in [-0.39, 0.29) is 6.04 Å². The first kappa shape index (κ1) is 15.2.